The number of carboxylic acids is 2. The van der Waals surface area contributed by atoms with E-state index in [2.05, 4.69) is 51.5 Å². The minimum absolute atomic E-state index is 0.0731. The molecule has 0 saturated carbocycles. The summed E-state index contributed by atoms with van der Waals surface area (Å²) < 4.78 is 5.12. The number of ether oxygens (including phenoxy) is 1. The van der Waals surface area contributed by atoms with Crippen molar-refractivity contribution in [2.24, 2.45) is 0 Å². The molecule has 4 rings (SSSR count). The molecule has 3 amide bonds. The maximum absolute atomic E-state index is 12.8. The van der Waals surface area contributed by atoms with Gasteiger partial charge in [0.05, 0.1) is 36.1 Å². The molecule has 0 aliphatic rings. The maximum atomic E-state index is 12.8. The third-order valence-corrected chi connectivity index (χ3v) is 10.3. The Morgan fingerprint density at radius 2 is 1.74 bits per heavy atom. The number of aryl methyl sites for hydroxylation is 1. The van der Waals surface area contributed by atoms with Gasteiger partial charge in [0.2, 0.25) is 11.9 Å². The van der Waals surface area contributed by atoms with E-state index in [4.69, 9.17) is 10.5 Å². The highest BCUT2D eigenvalue weighted by Gasteiger charge is 2.22. The monoisotopic (exact) mass is 822 g/mol. The van der Waals surface area contributed by atoms with E-state index in [0.717, 1.165) is 17.3 Å². The molecule has 3 heterocycles. The third-order valence-electron chi connectivity index (χ3n) is 8.00. The van der Waals surface area contributed by atoms with Crippen LogP contribution >= 0.6 is 21.6 Å². The van der Waals surface area contributed by atoms with Crippen LogP contribution < -0.4 is 37.4 Å². The SMILES string of the molecule is Cc1nc(N)nc2ncc(CNc3ccc(C(=O)NC(CCC(=O)NC(CCCCNC(=O)OCCNCCSSc4ccccn4)C(=O)O)C(=O)[O-])cc3)nc12. The van der Waals surface area contributed by atoms with Gasteiger partial charge in [-0.2, -0.15) is 4.98 Å². The summed E-state index contributed by atoms with van der Waals surface area (Å²) in [5, 5.41) is 36.0. The van der Waals surface area contributed by atoms with Gasteiger partial charge in [0.25, 0.3) is 5.91 Å². The second-order valence-corrected chi connectivity index (χ2v) is 14.8. The van der Waals surface area contributed by atoms with E-state index >= 15 is 0 Å². The van der Waals surface area contributed by atoms with Crippen molar-refractivity contribution >= 4 is 74.2 Å². The van der Waals surface area contributed by atoms with Crippen molar-refractivity contribution < 1.29 is 38.9 Å². The number of carbonyl (C=O) groups excluding carboxylic acids is 4. The zero-order chi connectivity index (χ0) is 41.0. The van der Waals surface area contributed by atoms with Crippen molar-refractivity contribution in [3.05, 3.63) is 71.8 Å². The van der Waals surface area contributed by atoms with Crippen LogP contribution in [0.1, 0.15) is 53.8 Å². The Hall–Kier alpha value is -5.80. The van der Waals surface area contributed by atoms with Crippen molar-refractivity contribution in [2.75, 3.05) is 43.0 Å². The Balaban J connectivity index is 1.08. The van der Waals surface area contributed by atoms with E-state index in [1.54, 1.807) is 53.0 Å². The molecule has 8 N–H and O–H groups in total. The summed E-state index contributed by atoms with van der Waals surface area (Å²) in [6.45, 7) is 3.71. The fourth-order valence-corrected chi connectivity index (χ4v) is 6.91. The van der Waals surface area contributed by atoms with Gasteiger partial charge in [0, 0.05) is 49.3 Å². The summed E-state index contributed by atoms with van der Waals surface area (Å²) in [7, 11) is 3.26. The van der Waals surface area contributed by atoms with Crippen LogP contribution in [0.5, 0.6) is 0 Å². The first kappa shape index (κ1) is 43.9. The van der Waals surface area contributed by atoms with Crippen molar-refractivity contribution in [3.63, 3.8) is 0 Å². The Morgan fingerprint density at radius 3 is 2.47 bits per heavy atom. The Labute approximate surface area is 336 Å². The molecule has 0 bridgehead atoms. The predicted octanol–water partition coefficient (Wildman–Crippen LogP) is 1.44. The number of carbonyl (C=O) groups is 5. The molecule has 0 fully saturated rings. The Kier molecular flexibility index (Phi) is 18.0. The molecule has 0 aliphatic heterocycles. The number of amides is 3. The number of aromatic nitrogens is 5. The summed E-state index contributed by atoms with van der Waals surface area (Å²) in [6.07, 6.45) is 2.86. The molecule has 0 aliphatic carbocycles. The van der Waals surface area contributed by atoms with Gasteiger partial charge in [-0.3, -0.25) is 9.59 Å². The Morgan fingerprint density at radius 1 is 0.930 bits per heavy atom. The van der Waals surface area contributed by atoms with E-state index in [0.29, 0.717) is 54.2 Å². The molecule has 1 aromatic carbocycles. The van der Waals surface area contributed by atoms with Crippen molar-refractivity contribution in [1.29, 1.82) is 0 Å². The second kappa shape index (κ2) is 23.3. The molecule has 304 valence electrons. The van der Waals surface area contributed by atoms with Gasteiger partial charge in [-0.1, -0.05) is 16.9 Å². The molecule has 57 heavy (non-hydrogen) atoms. The molecular formula is C36H44N11O8S2-. The Bertz CT molecular complexity index is 1960. The molecule has 3 aromatic heterocycles. The topological polar surface area (TPSA) is 288 Å². The van der Waals surface area contributed by atoms with E-state index in [-0.39, 0.29) is 43.9 Å². The highest BCUT2D eigenvalue weighted by atomic mass is 33.1. The van der Waals surface area contributed by atoms with Crippen molar-refractivity contribution in [2.45, 2.75) is 62.7 Å². The predicted molar refractivity (Wildman–Crippen MR) is 212 cm³/mol. The average molecular weight is 823 g/mol. The minimum atomic E-state index is -1.60. The molecule has 0 radical (unpaired) electrons. The maximum Gasteiger partial charge on any atom is 0.407 e. The lowest BCUT2D eigenvalue weighted by molar-refractivity contribution is -0.308. The van der Waals surface area contributed by atoms with Crippen molar-refractivity contribution in [1.82, 2.24) is 46.2 Å². The largest absolute Gasteiger partial charge is 0.548 e. The number of nitrogens with two attached hydrogens (primary N) is 1. The summed E-state index contributed by atoms with van der Waals surface area (Å²) in [4.78, 5) is 82.1. The van der Waals surface area contributed by atoms with E-state index in [1.807, 2.05) is 18.2 Å². The highest BCUT2D eigenvalue weighted by Crippen LogP contribution is 2.28. The minimum Gasteiger partial charge on any atom is -0.548 e. The van der Waals surface area contributed by atoms with Crippen LogP contribution in [0, 0.1) is 6.92 Å². The van der Waals surface area contributed by atoms with Gasteiger partial charge in [0.1, 0.15) is 23.2 Å². The number of nitrogens with zero attached hydrogens (tertiary/aromatic N) is 5. The number of pyridine rings is 1. The number of alkyl carbamates (subject to hydrolysis) is 1. The summed E-state index contributed by atoms with van der Waals surface area (Å²) in [5.41, 5.74) is 8.60. The van der Waals surface area contributed by atoms with Gasteiger partial charge in [-0.05, 0) is 79.8 Å². The lowest BCUT2D eigenvalue weighted by Crippen LogP contribution is -2.49. The van der Waals surface area contributed by atoms with Gasteiger partial charge in [-0.25, -0.2) is 29.5 Å². The first-order chi connectivity index (χ1) is 27.5. The molecule has 19 nitrogen and oxygen atoms in total. The third kappa shape index (κ3) is 15.7. The molecule has 0 saturated heterocycles. The highest BCUT2D eigenvalue weighted by molar-refractivity contribution is 8.76. The summed E-state index contributed by atoms with van der Waals surface area (Å²) >= 11 is 0. The van der Waals surface area contributed by atoms with Gasteiger partial charge < -0.3 is 52.1 Å². The number of carboxylic acid groups (broad SMARTS) is 2. The number of rotatable bonds is 24. The average Bonchev–Trinajstić information content (AvgIpc) is 3.19. The number of benzene rings is 1. The van der Waals surface area contributed by atoms with Gasteiger partial charge in [0.15, 0.2) is 5.65 Å². The van der Waals surface area contributed by atoms with Gasteiger partial charge in [-0.15, -0.1) is 0 Å². The van der Waals surface area contributed by atoms with Crippen LogP contribution in [0.2, 0.25) is 0 Å². The number of hydrogen-bond donors (Lipinski definition) is 7. The van der Waals surface area contributed by atoms with Crippen LogP contribution in [0.25, 0.3) is 11.2 Å². The van der Waals surface area contributed by atoms with Gasteiger partial charge >= 0.3 is 12.1 Å². The van der Waals surface area contributed by atoms with Crippen LogP contribution in [0.3, 0.4) is 0 Å². The number of anilines is 2. The molecule has 21 heteroatoms. The number of fused-ring (bicyclic) bond motifs is 1. The quantitative estimate of drug-likeness (QED) is 0.0389. The van der Waals surface area contributed by atoms with Crippen molar-refractivity contribution in [3.8, 4) is 0 Å². The smallest absolute Gasteiger partial charge is 0.407 e. The van der Waals surface area contributed by atoms with E-state index in [1.165, 1.54) is 12.1 Å². The normalized spacial score (nSPS) is 11.9. The molecule has 0 spiro atoms. The second-order valence-electron chi connectivity index (χ2n) is 12.4. The fraction of sp³-hybridized carbons (Fsp3) is 0.389. The molecular weight excluding hydrogens is 779 g/mol. The van der Waals surface area contributed by atoms with Crippen LogP contribution in [0.15, 0.2) is 59.9 Å². The standard InChI is InChI=1S/C36H45N11O8S2/c1-22-30-31(47-35(37)43-22)42-21-25(44-30)20-41-24-10-8-23(9-11-24)32(49)46-27(34(52)53)12-13-28(48)45-26(33(50)51)6-2-4-15-40-36(54)55-18-16-38-17-19-56-57-29-7-3-5-14-39-29/h3,5,7-11,14,21,26-27,38,41H,2,4,6,12-13,15-20H2,1H3,(H,40,54)(H,45,48)(H,46,49)(H,50,51)(H,52,53)(H2,37,42,43,47)/p-1. The lowest BCUT2D eigenvalue weighted by atomic mass is 10.1. The molecule has 2 atom stereocenters. The first-order valence-corrected chi connectivity index (χ1v) is 20.3. The van der Waals surface area contributed by atoms with E-state index < -0.39 is 41.9 Å². The number of nitrogens with one attached hydrogen (secondary N) is 5. The molecule has 2 unspecified atom stereocenters. The number of aliphatic carboxylic acids is 2. The van der Waals surface area contributed by atoms with E-state index in [9.17, 15) is 34.2 Å². The molecule has 4 aromatic rings. The van der Waals surface area contributed by atoms with Crippen LogP contribution in [0.4, 0.5) is 16.4 Å². The zero-order valence-corrected chi connectivity index (χ0v) is 32.7. The number of nitrogen functional groups attached to an aromatic ring is 1. The zero-order valence-electron chi connectivity index (χ0n) is 31.1. The summed E-state index contributed by atoms with van der Waals surface area (Å²) in [6, 6.07) is 9.22. The number of unbranched alkanes of at least 4 members (excludes halogenated alkanes) is 1. The lowest BCUT2D eigenvalue weighted by Gasteiger charge is -2.20. The number of hydrogen-bond acceptors (Lipinski definition) is 17. The fourth-order valence-electron chi connectivity index (χ4n) is 5.08. The summed E-state index contributed by atoms with van der Waals surface area (Å²) in [5.74, 6) is -3.32. The first-order valence-electron chi connectivity index (χ1n) is 17.9. The van der Waals surface area contributed by atoms with Crippen LogP contribution in [-0.4, -0.2) is 104 Å². The van der Waals surface area contributed by atoms with Crippen LogP contribution in [-0.2, 0) is 25.7 Å².